The molecule has 3 aliphatic heterocycles. The number of piperidine rings is 1. The maximum absolute atomic E-state index is 12.7. The normalized spacial score (nSPS) is 40.7. The smallest absolute Gasteiger partial charge is 0.225 e. The van der Waals surface area contributed by atoms with Gasteiger partial charge in [0, 0.05) is 37.1 Å². The zero-order valence-corrected chi connectivity index (χ0v) is 16.0. The number of halogens is 1. The highest BCUT2D eigenvalue weighted by Crippen LogP contribution is 2.32. The summed E-state index contributed by atoms with van der Waals surface area (Å²) < 4.78 is 0. The molecule has 4 fully saturated rings. The average molecular weight is 370 g/mol. The molecule has 0 aromatic carbocycles. The van der Waals surface area contributed by atoms with Crippen molar-refractivity contribution < 1.29 is 9.59 Å². The largest absolute Gasteiger partial charge is 0.353 e. The molecule has 3 unspecified atom stereocenters. The molecule has 142 valence electrons. The van der Waals surface area contributed by atoms with E-state index in [2.05, 4.69) is 17.6 Å². The molecule has 0 radical (unpaired) electrons. The average Bonchev–Trinajstić information content (AvgIpc) is 3.11. The first kappa shape index (κ1) is 19.0. The van der Waals surface area contributed by atoms with E-state index in [-0.39, 0.29) is 30.1 Å². The topological polar surface area (TPSA) is 61.4 Å². The number of likely N-dealkylation sites (tertiary alicyclic amines) is 1. The number of carbonyl (C=O) groups is 2. The van der Waals surface area contributed by atoms with Gasteiger partial charge in [-0.1, -0.05) is 6.92 Å². The Labute approximate surface area is 157 Å². The molecule has 6 heteroatoms. The maximum atomic E-state index is 12.7. The molecule has 25 heavy (non-hydrogen) atoms. The number of hydrogen-bond acceptors (Lipinski definition) is 3. The van der Waals surface area contributed by atoms with Gasteiger partial charge in [-0.25, -0.2) is 0 Å². The fourth-order valence-electron chi connectivity index (χ4n) is 5.31. The summed E-state index contributed by atoms with van der Waals surface area (Å²) in [7, 11) is 0. The van der Waals surface area contributed by atoms with Crippen molar-refractivity contribution in [3.8, 4) is 0 Å². The van der Waals surface area contributed by atoms with Crippen LogP contribution in [0.25, 0.3) is 0 Å². The Hall–Kier alpha value is -0.810. The predicted molar refractivity (Wildman–Crippen MR) is 99.6 cm³/mol. The van der Waals surface area contributed by atoms with Gasteiger partial charge in [0.05, 0.1) is 5.92 Å². The summed E-state index contributed by atoms with van der Waals surface area (Å²) in [4.78, 5) is 27.1. The molecule has 4 rings (SSSR count). The Morgan fingerprint density at radius 2 is 1.72 bits per heavy atom. The Morgan fingerprint density at radius 3 is 2.36 bits per heavy atom. The van der Waals surface area contributed by atoms with Gasteiger partial charge in [0.15, 0.2) is 0 Å². The van der Waals surface area contributed by atoms with Gasteiger partial charge in [-0.15, -0.1) is 12.4 Å². The lowest BCUT2D eigenvalue weighted by Crippen LogP contribution is -2.49. The first-order valence-corrected chi connectivity index (χ1v) is 9.94. The third-order valence-corrected chi connectivity index (χ3v) is 6.77. The number of rotatable bonds is 3. The number of fused-ring (bicyclic) bond motifs is 2. The molecule has 2 N–H and O–H groups in total. The van der Waals surface area contributed by atoms with Crippen LogP contribution in [-0.2, 0) is 9.59 Å². The van der Waals surface area contributed by atoms with E-state index in [1.807, 2.05) is 4.90 Å². The van der Waals surface area contributed by atoms with E-state index >= 15 is 0 Å². The van der Waals surface area contributed by atoms with Gasteiger partial charge >= 0.3 is 0 Å². The molecule has 1 aliphatic carbocycles. The Morgan fingerprint density at radius 1 is 1.08 bits per heavy atom. The number of amides is 2. The monoisotopic (exact) mass is 369 g/mol. The first-order valence-electron chi connectivity index (χ1n) is 9.94. The van der Waals surface area contributed by atoms with Gasteiger partial charge in [0.1, 0.15) is 0 Å². The van der Waals surface area contributed by atoms with Gasteiger partial charge in [-0.2, -0.15) is 0 Å². The SMILES string of the molecule is CC1CCC(N2CC(C(=O)NC3CC4CCC(C3)N4)CC2=O)CC1.Cl. The molecule has 4 aliphatic rings. The molecular formula is C19H32ClN3O2. The summed E-state index contributed by atoms with van der Waals surface area (Å²) >= 11 is 0. The van der Waals surface area contributed by atoms with Crippen LogP contribution in [0.3, 0.4) is 0 Å². The Bertz CT molecular complexity index is 495. The summed E-state index contributed by atoms with van der Waals surface area (Å²) in [5.74, 6) is 0.958. The van der Waals surface area contributed by atoms with Gasteiger partial charge in [-0.3, -0.25) is 9.59 Å². The lowest BCUT2D eigenvalue weighted by Gasteiger charge is -2.34. The van der Waals surface area contributed by atoms with Crippen molar-refractivity contribution in [2.75, 3.05) is 6.54 Å². The van der Waals surface area contributed by atoms with E-state index in [0.29, 0.717) is 37.1 Å². The summed E-state index contributed by atoms with van der Waals surface area (Å²) in [5, 5.41) is 6.86. The van der Waals surface area contributed by atoms with Gasteiger partial charge < -0.3 is 15.5 Å². The van der Waals surface area contributed by atoms with E-state index in [0.717, 1.165) is 31.6 Å². The van der Waals surface area contributed by atoms with Crippen molar-refractivity contribution in [2.24, 2.45) is 11.8 Å². The van der Waals surface area contributed by atoms with Crippen molar-refractivity contribution >= 4 is 24.2 Å². The van der Waals surface area contributed by atoms with Crippen molar-refractivity contribution in [2.45, 2.75) is 88.9 Å². The molecule has 3 saturated heterocycles. The Balaban J connectivity index is 0.00000182. The van der Waals surface area contributed by atoms with Crippen LogP contribution in [0.15, 0.2) is 0 Å². The van der Waals surface area contributed by atoms with Crippen LogP contribution in [0, 0.1) is 11.8 Å². The highest BCUT2D eigenvalue weighted by molar-refractivity contribution is 5.89. The molecule has 3 atom stereocenters. The molecule has 0 spiro atoms. The van der Waals surface area contributed by atoms with E-state index in [9.17, 15) is 9.59 Å². The molecule has 2 amide bonds. The fraction of sp³-hybridized carbons (Fsp3) is 0.895. The first-order chi connectivity index (χ1) is 11.6. The number of carbonyl (C=O) groups excluding carboxylic acids is 2. The molecule has 0 aromatic heterocycles. The van der Waals surface area contributed by atoms with E-state index in [1.165, 1.54) is 25.7 Å². The van der Waals surface area contributed by atoms with Gasteiger partial charge in [-0.05, 0) is 57.3 Å². The maximum Gasteiger partial charge on any atom is 0.225 e. The Kier molecular flexibility index (Phi) is 5.94. The van der Waals surface area contributed by atoms with Crippen LogP contribution in [-0.4, -0.2) is 47.4 Å². The minimum Gasteiger partial charge on any atom is -0.353 e. The third-order valence-electron chi connectivity index (χ3n) is 6.77. The van der Waals surface area contributed by atoms with Crippen LogP contribution < -0.4 is 10.6 Å². The molecular weight excluding hydrogens is 338 g/mol. The quantitative estimate of drug-likeness (QED) is 0.802. The van der Waals surface area contributed by atoms with Crippen LogP contribution in [0.2, 0.25) is 0 Å². The standard InChI is InChI=1S/C19H31N3O2.ClH/c1-12-2-6-17(7-3-12)22-11-13(8-18(22)23)19(24)21-16-9-14-4-5-15(10-16)20-14;/h12-17,20H,2-11H2,1H3,(H,21,24);1H. The molecule has 2 bridgehead atoms. The summed E-state index contributed by atoms with van der Waals surface area (Å²) in [6.07, 6.45) is 9.64. The zero-order chi connectivity index (χ0) is 16.7. The van der Waals surface area contributed by atoms with E-state index in [1.54, 1.807) is 0 Å². The third kappa shape index (κ3) is 4.13. The summed E-state index contributed by atoms with van der Waals surface area (Å²) in [6, 6.07) is 1.84. The lowest BCUT2D eigenvalue weighted by molar-refractivity contribution is -0.131. The summed E-state index contributed by atoms with van der Waals surface area (Å²) in [5.41, 5.74) is 0. The lowest BCUT2D eigenvalue weighted by atomic mass is 9.86. The van der Waals surface area contributed by atoms with Crippen LogP contribution in [0.5, 0.6) is 0 Å². The molecule has 3 heterocycles. The van der Waals surface area contributed by atoms with Crippen molar-refractivity contribution in [3.05, 3.63) is 0 Å². The van der Waals surface area contributed by atoms with Gasteiger partial charge in [0.25, 0.3) is 0 Å². The van der Waals surface area contributed by atoms with Crippen LogP contribution in [0.1, 0.15) is 64.7 Å². The van der Waals surface area contributed by atoms with E-state index < -0.39 is 0 Å². The highest BCUT2D eigenvalue weighted by Gasteiger charge is 2.40. The van der Waals surface area contributed by atoms with Crippen LogP contribution in [0.4, 0.5) is 0 Å². The predicted octanol–water partition coefficient (Wildman–Crippen LogP) is 2.23. The second-order valence-electron chi connectivity index (χ2n) is 8.68. The minimum atomic E-state index is -0.135. The molecule has 0 aromatic rings. The van der Waals surface area contributed by atoms with Crippen molar-refractivity contribution in [1.82, 2.24) is 15.5 Å². The fourth-order valence-corrected chi connectivity index (χ4v) is 5.31. The number of nitrogens with zero attached hydrogens (tertiary/aromatic N) is 1. The van der Waals surface area contributed by atoms with Crippen molar-refractivity contribution in [3.63, 3.8) is 0 Å². The minimum absolute atomic E-state index is 0. The highest BCUT2D eigenvalue weighted by atomic mass is 35.5. The summed E-state index contributed by atoms with van der Waals surface area (Å²) in [6.45, 7) is 2.94. The molecule has 1 saturated carbocycles. The van der Waals surface area contributed by atoms with Crippen molar-refractivity contribution in [1.29, 1.82) is 0 Å². The van der Waals surface area contributed by atoms with Gasteiger partial charge in [0.2, 0.25) is 11.8 Å². The zero-order valence-electron chi connectivity index (χ0n) is 15.2. The number of nitrogens with one attached hydrogen (secondary N) is 2. The van der Waals surface area contributed by atoms with Crippen LogP contribution >= 0.6 is 12.4 Å². The number of hydrogen-bond donors (Lipinski definition) is 2. The molecule has 5 nitrogen and oxygen atoms in total. The second-order valence-corrected chi connectivity index (χ2v) is 8.68. The second kappa shape index (κ2) is 7.83. The van der Waals surface area contributed by atoms with E-state index in [4.69, 9.17) is 0 Å².